The molecule has 1 aromatic carbocycles. The number of hydroxylamine groups is 1. The van der Waals surface area contributed by atoms with Crippen LogP contribution in [0.15, 0.2) is 41.6 Å². The maximum absolute atomic E-state index is 14.3. The van der Waals surface area contributed by atoms with E-state index in [0.717, 1.165) is 12.1 Å². The number of carbonyl (C=O) groups is 1. The molecule has 4 rings (SSSR count). The van der Waals surface area contributed by atoms with Crippen LogP contribution in [0.3, 0.4) is 0 Å². The van der Waals surface area contributed by atoms with E-state index in [1.165, 1.54) is 36.2 Å². The van der Waals surface area contributed by atoms with Gasteiger partial charge in [0.2, 0.25) is 10.0 Å². The Balaban J connectivity index is 1.67. The van der Waals surface area contributed by atoms with Gasteiger partial charge in [-0.25, -0.2) is 32.4 Å². The quantitative estimate of drug-likeness (QED) is 0.418. The lowest BCUT2D eigenvalue weighted by atomic mass is 10.2. The highest BCUT2D eigenvalue weighted by Gasteiger charge is 2.24. The number of pyridine rings is 1. The Morgan fingerprint density at radius 2 is 2.00 bits per heavy atom. The maximum atomic E-state index is 14.3. The number of amides is 1. The molecule has 13 heteroatoms. The van der Waals surface area contributed by atoms with Crippen LogP contribution in [0.25, 0.3) is 10.9 Å². The molecule has 2 aromatic heterocycles. The van der Waals surface area contributed by atoms with Crippen molar-refractivity contribution in [2.45, 2.75) is 11.4 Å². The number of sulfonamides is 1. The van der Waals surface area contributed by atoms with Crippen LogP contribution < -0.4 is 10.2 Å². The number of hydrogen-bond acceptors (Lipinski definition) is 7. The third-order valence-corrected chi connectivity index (χ3v) is 7.12. The second-order valence-corrected chi connectivity index (χ2v) is 9.67. The Labute approximate surface area is 200 Å². The Hall–Kier alpha value is -2.97. The lowest BCUT2D eigenvalue weighted by Crippen LogP contribution is -2.41. The molecule has 0 saturated carbocycles. The fourth-order valence-electron chi connectivity index (χ4n) is 3.84. The van der Waals surface area contributed by atoms with Crippen LogP contribution in [0.4, 0.5) is 8.78 Å². The number of aromatic nitrogens is 2. The van der Waals surface area contributed by atoms with Crippen LogP contribution in [-0.4, -0.2) is 75.3 Å². The molecule has 1 fully saturated rings. The molecule has 3 aromatic rings. The van der Waals surface area contributed by atoms with Gasteiger partial charge in [-0.15, -0.1) is 0 Å². The number of rotatable bonds is 9. The standard InChI is InChI=1S/C22H25F2N5O5S/c1-33-27-22(30)19-11-17-20(12-25-19)29(13-15-2-3-16(23)10-18(15)24)14-21(17)35(31,32)26-4-5-28-6-8-34-9-7-28/h2-3,10-12,14,26H,4-9,13H2,1H3,(H,27,30). The fraction of sp³-hybridized carbons (Fsp3) is 0.364. The van der Waals surface area contributed by atoms with Crippen LogP contribution >= 0.6 is 0 Å². The lowest BCUT2D eigenvalue weighted by Gasteiger charge is -2.26. The van der Waals surface area contributed by atoms with E-state index in [9.17, 15) is 22.0 Å². The van der Waals surface area contributed by atoms with Crippen LogP contribution in [0.2, 0.25) is 0 Å². The van der Waals surface area contributed by atoms with Gasteiger partial charge in [-0.3, -0.25) is 14.5 Å². The zero-order valence-corrected chi connectivity index (χ0v) is 19.8. The molecule has 0 radical (unpaired) electrons. The number of fused-ring (bicyclic) bond motifs is 1. The summed E-state index contributed by atoms with van der Waals surface area (Å²) in [5, 5.41) is 0.225. The SMILES string of the molecule is CONC(=O)c1cc2c(S(=O)(=O)NCCN3CCOCC3)cn(Cc3ccc(F)cc3F)c2cn1. The molecule has 2 N–H and O–H groups in total. The monoisotopic (exact) mass is 509 g/mol. The predicted octanol–water partition coefficient (Wildman–Crippen LogP) is 1.26. The molecule has 3 heterocycles. The first kappa shape index (κ1) is 25.1. The summed E-state index contributed by atoms with van der Waals surface area (Å²) in [6.45, 7) is 3.23. The Kier molecular flexibility index (Phi) is 7.72. The van der Waals surface area contributed by atoms with Crippen molar-refractivity contribution in [2.75, 3.05) is 46.5 Å². The molecule has 35 heavy (non-hydrogen) atoms. The first-order valence-electron chi connectivity index (χ1n) is 10.8. The number of carbonyl (C=O) groups excluding carboxylic acids is 1. The molecular weight excluding hydrogens is 484 g/mol. The Morgan fingerprint density at radius 3 is 2.71 bits per heavy atom. The van der Waals surface area contributed by atoms with E-state index in [0.29, 0.717) is 38.4 Å². The van der Waals surface area contributed by atoms with E-state index in [1.54, 1.807) is 0 Å². The highest BCUT2D eigenvalue weighted by atomic mass is 32.2. The van der Waals surface area contributed by atoms with Gasteiger partial charge in [0.1, 0.15) is 22.2 Å². The number of hydrogen-bond donors (Lipinski definition) is 2. The van der Waals surface area contributed by atoms with Gasteiger partial charge in [0.25, 0.3) is 5.91 Å². The van der Waals surface area contributed by atoms with Gasteiger partial charge >= 0.3 is 0 Å². The average molecular weight is 510 g/mol. The van der Waals surface area contributed by atoms with Gasteiger partial charge in [0, 0.05) is 49.4 Å². The van der Waals surface area contributed by atoms with Gasteiger partial charge in [-0.05, 0) is 12.1 Å². The van der Waals surface area contributed by atoms with Crippen LogP contribution in [0.1, 0.15) is 16.1 Å². The van der Waals surface area contributed by atoms with E-state index < -0.39 is 27.6 Å². The molecule has 1 amide bonds. The van der Waals surface area contributed by atoms with Gasteiger partial charge < -0.3 is 9.30 Å². The van der Waals surface area contributed by atoms with E-state index in [1.807, 2.05) is 0 Å². The van der Waals surface area contributed by atoms with Crippen molar-refractivity contribution >= 4 is 26.8 Å². The first-order valence-corrected chi connectivity index (χ1v) is 12.3. The molecule has 0 unspecified atom stereocenters. The third kappa shape index (κ3) is 5.82. The van der Waals surface area contributed by atoms with Crippen LogP contribution in [-0.2, 0) is 26.1 Å². The predicted molar refractivity (Wildman–Crippen MR) is 122 cm³/mol. The highest BCUT2D eigenvalue weighted by Crippen LogP contribution is 2.27. The summed E-state index contributed by atoms with van der Waals surface area (Å²) in [7, 11) is -2.74. The second-order valence-electron chi connectivity index (χ2n) is 7.93. The smallest absolute Gasteiger partial charge is 0.293 e. The van der Waals surface area contributed by atoms with Crippen LogP contribution in [0, 0.1) is 11.6 Å². The summed E-state index contributed by atoms with van der Waals surface area (Å²) in [5.74, 6) is -2.13. The van der Waals surface area contributed by atoms with Crippen LogP contribution in [0.5, 0.6) is 0 Å². The normalized spacial score (nSPS) is 14.9. The largest absolute Gasteiger partial charge is 0.379 e. The number of morpholine rings is 1. The van der Waals surface area contributed by atoms with E-state index >= 15 is 0 Å². The number of nitrogens with zero attached hydrogens (tertiary/aromatic N) is 3. The van der Waals surface area contributed by atoms with E-state index in [2.05, 4.69) is 24.9 Å². The minimum Gasteiger partial charge on any atom is -0.379 e. The zero-order valence-electron chi connectivity index (χ0n) is 19.0. The minimum atomic E-state index is -4.00. The van der Waals surface area contributed by atoms with E-state index in [-0.39, 0.29) is 34.6 Å². The molecule has 0 aliphatic carbocycles. The summed E-state index contributed by atoms with van der Waals surface area (Å²) in [5.41, 5.74) is 2.60. The van der Waals surface area contributed by atoms with Gasteiger partial charge in [-0.1, -0.05) is 6.07 Å². The van der Waals surface area contributed by atoms with Crippen molar-refractivity contribution in [3.63, 3.8) is 0 Å². The molecule has 188 valence electrons. The second kappa shape index (κ2) is 10.7. The molecule has 10 nitrogen and oxygen atoms in total. The summed E-state index contributed by atoms with van der Waals surface area (Å²) in [6.07, 6.45) is 2.68. The molecule has 0 atom stereocenters. The average Bonchev–Trinajstić information content (AvgIpc) is 3.20. The van der Waals surface area contributed by atoms with Crippen molar-refractivity contribution in [2.24, 2.45) is 0 Å². The van der Waals surface area contributed by atoms with Gasteiger partial charge in [0.05, 0.1) is 38.6 Å². The van der Waals surface area contributed by atoms with Gasteiger partial charge in [0.15, 0.2) is 0 Å². The molecule has 0 spiro atoms. The zero-order chi connectivity index (χ0) is 25.0. The van der Waals surface area contributed by atoms with Crippen molar-refractivity contribution in [1.29, 1.82) is 0 Å². The summed E-state index contributed by atoms with van der Waals surface area (Å²) in [6, 6.07) is 4.51. The molecule has 0 bridgehead atoms. The molecular formula is C22H25F2N5O5S. The Bertz CT molecular complexity index is 1330. The Morgan fingerprint density at radius 1 is 1.23 bits per heavy atom. The van der Waals surface area contributed by atoms with E-state index in [4.69, 9.17) is 4.74 Å². The number of halogens is 2. The highest BCUT2D eigenvalue weighted by molar-refractivity contribution is 7.89. The van der Waals surface area contributed by atoms with Crippen molar-refractivity contribution in [1.82, 2.24) is 24.7 Å². The molecule has 1 saturated heterocycles. The maximum Gasteiger partial charge on any atom is 0.293 e. The third-order valence-electron chi connectivity index (χ3n) is 5.63. The van der Waals surface area contributed by atoms with Crippen molar-refractivity contribution < 1.29 is 31.6 Å². The number of ether oxygens (including phenoxy) is 1. The fourth-order valence-corrected chi connectivity index (χ4v) is 5.08. The molecule has 1 aliphatic heterocycles. The van der Waals surface area contributed by atoms with Crippen molar-refractivity contribution in [3.05, 3.63) is 59.6 Å². The first-order chi connectivity index (χ1) is 16.8. The van der Waals surface area contributed by atoms with Crippen molar-refractivity contribution in [3.8, 4) is 0 Å². The summed E-state index contributed by atoms with van der Waals surface area (Å²) in [4.78, 5) is 22.9. The number of benzene rings is 1. The topological polar surface area (TPSA) is 115 Å². The molecule has 1 aliphatic rings. The lowest BCUT2D eigenvalue weighted by molar-refractivity contribution is 0.0390. The van der Waals surface area contributed by atoms with Gasteiger partial charge in [-0.2, -0.15) is 0 Å². The summed E-state index contributed by atoms with van der Waals surface area (Å²) < 4.78 is 63.5. The number of nitrogens with one attached hydrogen (secondary N) is 2. The minimum absolute atomic E-state index is 0.0603. The summed E-state index contributed by atoms with van der Waals surface area (Å²) >= 11 is 0.